The van der Waals surface area contributed by atoms with Gasteiger partial charge in [0.25, 0.3) is 5.89 Å². The number of nitrogens with one attached hydrogen (secondary N) is 1. The number of hydrogen-bond acceptors (Lipinski definition) is 6. The SMILES string of the molecule is C=C(C)CN1CCC(Nc2cc(-c3nc(C(C)C)no3)ccn2)CC1. The molecule has 0 aliphatic carbocycles. The van der Waals surface area contributed by atoms with E-state index in [-0.39, 0.29) is 5.92 Å². The van der Waals surface area contributed by atoms with Gasteiger partial charge in [-0.15, -0.1) is 0 Å². The third-order valence-electron chi connectivity index (χ3n) is 4.40. The summed E-state index contributed by atoms with van der Waals surface area (Å²) in [6.45, 7) is 13.4. The highest BCUT2D eigenvalue weighted by molar-refractivity contribution is 5.58. The van der Waals surface area contributed by atoms with Crippen LogP contribution in [0.4, 0.5) is 5.82 Å². The van der Waals surface area contributed by atoms with E-state index in [2.05, 4.69) is 38.8 Å². The van der Waals surface area contributed by atoms with Crippen molar-refractivity contribution < 1.29 is 4.52 Å². The third kappa shape index (κ3) is 4.66. The number of piperidine rings is 1. The molecule has 2 aromatic heterocycles. The molecule has 0 saturated carbocycles. The van der Waals surface area contributed by atoms with E-state index < -0.39 is 0 Å². The summed E-state index contributed by atoms with van der Waals surface area (Å²) < 4.78 is 5.38. The maximum atomic E-state index is 5.38. The van der Waals surface area contributed by atoms with Crippen molar-refractivity contribution in [3.8, 4) is 11.5 Å². The lowest BCUT2D eigenvalue weighted by atomic mass is 10.0. The largest absolute Gasteiger partial charge is 0.367 e. The molecular weight excluding hydrogens is 314 g/mol. The number of pyridine rings is 1. The molecule has 3 rings (SSSR count). The molecule has 1 fully saturated rings. The number of nitrogens with zero attached hydrogens (tertiary/aromatic N) is 4. The second-order valence-electron chi connectivity index (χ2n) is 7.19. The highest BCUT2D eigenvalue weighted by Crippen LogP contribution is 2.23. The number of anilines is 1. The molecule has 3 heterocycles. The number of likely N-dealkylation sites (tertiary alicyclic amines) is 1. The first-order chi connectivity index (χ1) is 12.0. The monoisotopic (exact) mass is 341 g/mol. The minimum absolute atomic E-state index is 0.251. The van der Waals surface area contributed by atoms with E-state index in [1.807, 2.05) is 26.0 Å². The molecule has 1 aliphatic rings. The van der Waals surface area contributed by atoms with Gasteiger partial charge < -0.3 is 9.84 Å². The quantitative estimate of drug-likeness (QED) is 0.808. The summed E-state index contributed by atoms with van der Waals surface area (Å²) in [7, 11) is 0. The topological polar surface area (TPSA) is 67.1 Å². The van der Waals surface area contributed by atoms with E-state index >= 15 is 0 Å². The van der Waals surface area contributed by atoms with Gasteiger partial charge in [0, 0.05) is 43.4 Å². The molecule has 0 unspecified atom stereocenters. The predicted molar refractivity (Wildman–Crippen MR) is 99.5 cm³/mol. The van der Waals surface area contributed by atoms with E-state index in [0.29, 0.717) is 11.9 Å². The van der Waals surface area contributed by atoms with Crippen LogP contribution in [0.25, 0.3) is 11.5 Å². The number of hydrogen-bond donors (Lipinski definition) is 1. The van der Waals surface area contributed by atoms with Gasteiger partial charge in [0.15, 0.2) is 5.82 Å². The molecule has 0 amide bonds. The molecule has 0 atom stereocenters. The fourth-order valence-electron chi connectivity index (χ4n) is 3.06. The summed E-state index contributed by atoms with van der Waals surface area (Å²) in [5.41, 5.74) is 2.12. The van der Waals surface area contributed by atoms with Crippen LogP contribution >= 0.6 is 0 Å². The van der Waals surface area contributed by atoms with Crippen LogP contribution in [0.3, 0.4) is 0 Å². The summed E-state index contributed by atoms with van der Waals surface area (Å²) in [4.78, 5) is 11.4. The second kappa shape index (κ2) is 7.78. The maximum Gasteiger partial charge on any atom is 0.258 e. The van der Waals surface area contributed by atoms with Crippen LogP contribution < -0.4 is 5.32 Å². The molecule has 25 heavy (non-hydrogen) atoms. The van der Waals surface area contributed by atoms with Crippen LogP contribution in [0, 0.1) is 0 Å². The minimum Gasteiger partial charge on any atom is -0.367 e. The van der Waals surface area contributed by atoms with Crippen LogP contribution in [0.2, 0.25) is 0 Å². The van der Waals surface area contributed by atoms with Gasteiger partial charge in [-0.1, -0.05) is 31.2 Å². The Morgan fingerprint density at radius 2 is 2.16 bits per heavy atom. The molecule has 0 radical (unpaired) electrons. The van der Waals surface area contributed by atoms with Crippen LogP contribution in [0.5, 0.6) is 0 Å². The third-order valence-corrected chi connectivity index (χ3v) is 4.40. The summed E-state index contributed by atoms with van der Waals surface area (Å²) in [6, 6.07) is 4.33. The zero-order valence-corrected chi connectivity index (χ0v) is 15.3. The molecule has 1 N–H and O–H groups in total. The Morgan fingerprint density at radius 1 is 1.40 bits per heavy atom. The molecule has 0 bridgehead atoms. The number of aromatic nitrogens is 3. The Kier molecular flexibility index (Phi) is 5.48. The maximum absolute atomic E-state index is 5.38. The highest BCUT2D eigenvalue weighted by Gasteiger charge is 2.19. The van der Waals surface area contributed by atoms with E-state index in [9.17, 15) is 0 Å². The molecule has 0 aromatic carbocycles. The van der Waals surface area contributed by atoms with E-state index in [4.69, 9.17) is 4.52 Å². The fraction of sp³-hybridized carbons (Fsp3) is 0.526. The van der Waals surface area contributed by atoms with Crippen LogP contribution in [-0.4, -0.2) is 45.7 Å². The first-order valence-electron chi connectivity index (χ1n) is 8.94. The summed E-state index contributed by atoms with van der Waals surface area (Å²) >= 11 is 0. The smallest absolute Gasteiger partial charge is 0.258 e. The van der Waals surface area contributed by atoms with Gasteiger partial charge in [0.1, 0.15) is 5.82 Å². The molecule has 6 nitrogen and oxygen atoms in total. The normalized spacial score (nSPS) is 16.3. The summed E-state index contributed by atoms with van der Waals surface area (Å²) in [5, 5.41) is 7.57. The predicted octanol–water partition coefficient (Wildman–Crippen LogP) is 3.71. The molecule has 6 heteroatoms. The fourth-order valence-corrected chi connectivity index (χ4v) is 3.06. The van der Waals surface area contributed by atoms with Crippen LogP contribution in [0.1, 0.15) is 45.4 Å². The molecule has 0 spiro atoms. The lowest BCUT2D eigenvalue weighted by molar-refractivity contribution is 0.235. The molecule has 1 saturated heterocycles. The van der Waals surface area contributed by atoms with Gasteiger partial charge in [-0.3, -0.25) is 4.90 Å². The van der Waals surface area contributed by atoms with Crippen molar-refractivity contribution >= 4 is 5.82 Å². The van der Waals surface area contributed by atoms with E-state index in [0.717, 1.165) is 49.7 Å². The van der Waals surface area contributed by atoms with Gasteiger partial charge >= 0.3 is 0 Å². The standard InChI is InChI=1S/C19H27N5O/c1-13(2)12-24-9-6-16(7-10-24)21-17-11-15(5-8-20-17)19-22-18(14(3)4)23-25-19/h5,8,11,14,16H,1,6-7,9-10,12H2,2-4H3,(H,20,21). The van der Waals surface area contributed by atoms with Crippen molar-refractivity contribution in [1.29, 1.82) is 0 Å². The Labute approximate surface area is 149 Å². The molecule has 134 valence electrons. The lowest BCUT2D eigenvalue weighted by Crippen LogP contribution is -2.39. The lowest BCUT2D eigenvalue weighted by Gasteiger charge is -2.32. The summed E-state index contributed by atoms with van der Waals surface area (Å²) in [5.74, 6) is 2.39. The first kappa shape index (κ1) is 17.6. The van der Waals surface area contributed by atoms with Crippen molar-refractivity contribution in [2.24, 2.45) is 0 Å². The van der Waals surface area contributed by atoms with Crippen molar-refractivity contribution in [1.82, 2.24) is 20.0 Å². The van der Waals surface area contributed by atoms with Crippen molar-refractivity contribution in [2.75, 3.05) is 25.0 Å². The Hall–Kier alpha value is -2.21. The van der Waals surface area contributed by atoms with E-state index in [1.165, 1.54) is 5.57 Å². The average Bonchev–Trinajstić information content (AvgIpc) is 3.07. The van der Waals surface area contributed by atoms with Gasteiger partial charge in [0.2, 0.25) is 0 Å². The highest BCUT2D eigenvalue weighted by atomic mass is 16.5. The molecule has 2 aromatic rings. The Morgan fingerprint density at radius 3 is 2.80 bits per heavy atom. The summed E-state index contributed by atoms with van der Waals surface area (Å²) in [6.07, 6.45) is 4.00. The minimum atomic E-state index is 0.251. The van der Waals surface area contributed by atoms with Crippen molar-refractivity contribution in [3.05, 3.63) is 36.3 Å². The van der Waals surface area contributed by atoms with Crippen molar-refractivity contribution in [3.63, 3.8) is 0 Å². The second-order valence-corrected chi connectivity index (χ2v) is 7.19. The van der Waals surface area contributed by atoms with Gasteiger partial charge in [0.05, 0.1) is 0 Å². The Balaban J connectivity index is 1.61. The zero-order valence-electron chi connectivity index (χ0n) is 15.3. The van der Waals surface area contributed by atoms with Gasteiger partial charge in [-0.25, -0.2) is 4.98 Å². The van der Waals surface area contributed by atoms with Crippen molar-refractivity contribution in [2.45, 2.75) is 45.6 Å². The number of rotatable bonds is 6. The van der Waals surface area contributed by atoms with Gasteiger partial charge in [-0.2, -0.15) is 4.98 Å². The zero-order chi connectivity index (χ0) is 17.8. The van der Waals surface area contributed by atoms with Crippen LogP contribution in [-0.2, 0) is 0 Å². The molecule has 1 aliphatic heterocycles. The first-order valence-corrected chi connectivity index (χ1v) is 8.94. The van der Waals surface area contributed by atoms with E-state index in [1.54, 1.807) is 6.20 Å². The van der Waals surface area contributed by atoms with Gasteiger partial charge in [-0.05, 0) is 31.9 Å². The average molecular weight is 341 g/mol. The molecular formula is C19H27N5O. The Bertz CT molecular complexity index is 716. The van der Waals surface area contributed by atoms with Crippen LogP contribution in [0.15, 0.2) is 35.0 Å².